The molecule has 0 bridgehead atoms. The van der Waals surface area contributed by atoms with Gasteiger partial charge in [-0.1, -0.05) is 0 Å². The van der Waals surface area contributed by atoms with E-state index < -0.39 is 24.6 Å². The lowest BCUT2D eigenvalue weighted by molar-refractivity contribution is -0.252. The Bertz CT molecular complexity index is 103. The maximum atomic E-state index is 8.88. The van der Waals surface area contributed by atoms with Gasteiger partial charge in [0.1, 0.15) is 18.3 Å². The number of hydrogen-bond donors (Lipinski definition) is 4. The maximum Gasteiger partial charge on any atom is 0.183 e. The van der Waals surface area contributed by atoms with Gasteiger partial charge < -0.3 is 25.2 Å². The highest BCUT2D eigenvalue weighted by atomic mass is 16.6. The van der Waals surface area contributed by atoms with Crippen molar-refractivity contribution in [3.63, 3.8) is 0 Å². The van der Waals surface area contributed by atoms with Crippen molar-refractivity contribution in [1.29, 1.82) is 0 Å². The molecule has 10 heavy (non-hydrogen) atoms. The highest BCUT2D eigenvalue weighted by Gasteiger charge is 2.36. The molecule has 5 heteroatoms. The van der Waals surface area contributed by atoms with Crippen LogP contribution >= 0.6 is 0 Å². The van der Waals surface area contributed by atoms with Gasteiger partial charge in [0.05, 0.1) is 6.61 Å². The zero-order chi connectivity index (χ0) is 7.72. The van der Waals surface area contributed by atoms with Gasteiger partial charge in [0.25, 0.3) is 0 Å². The van der Waals surface area contributed by atoms with Crippen molar-refractivity contribution < 1.29 is 25.2 Å². The SMILES string of the molecule is OC1[C@@H](O)[C@@H](O)CO[C@@H]1O. The van der Waals surface area contributed by atoms with Gasteiger partial charge in [-0.25, -0.2) is 0 Å². The minimum atomic E-state index is -1.41. The topological polar surface area (TPSA) is 90.2 Å². The molecular weight excluding hydrogens is 140 g/mol. The number of aliphatic hydroxyl groups is 4. The zero-order valence-electron chi connectivity index (χ0n) is 5.21. The fraction of sp³-hybridized carbons (Fsp3) is 1.00. The number of aliphatic hydroxyl groups excluding tert-OH is 4. The Morgan fingerprint density at radius 3 is 2.10 bits per heavy atom. The van der Waals surface area contributed by atoms with Gasteiger partial charge in [0.15, 0.2) is 6.29 Å². The molecule has 60 valence electrons. The minimum Gasteiger partial charge on any atom is -0.388 e. The van der Waals surface area contributed by atoms with Crippen molar-refractivity contribution >= 4 is 0 Å². The molecule has 1 rings (SSSR count). The highest BCUT2D eigenvalue weighted by Crippen LogP contribution is 2.12. The second kappa shape index (κ2) is 2.81. The summed E-state index contributed by atoms with van der Waals surface area (Å²) in [5, 5.41) is 35.3. The van der Waals surface area contributed by atoms with Crippen LogP contribution in [0, 0.1) is 0 Å². The first-order valence-electron chi connectivity index (χ1n) is 2.97. The number of rotatable bonds is 0. The third kappa shape index (κ3) is 1.28. The molecule has 0 aromatic heterocycles. The average Bonchev–Trinajstić information content (AvgIpc) is 1.93. The third-order valence-corrected chi connectivity index (χ3v) is 1.47. The summed E-state index contributed by atoms with van der Waals surface area (Å²) in [5.74, 6) is 0. The van der Waals surface area contributed by atoms with Crippen molar-refractivity contribution in [2.75, 3.05) is 6.61 Å². The quantitative estimate of drug-likeness (QED) is 0.304. The van der Waals surface area contributed by atoms with Crippen LogP contribution in [0.25, 0.3) is 0 Å². The van der Waals surface area contributed by atoms with Gasteiger partial charge in [-0.2, -0.15) is 0 Å². The predicted octanol–water partition coefficient (Wildman–Crippen LogP) is -2.58. The Morgan fingerprint density at radius 1 is 1.00 bits per heavy atom. The Labute approximate surface area is 57.5 Å². The van der Waals surface area contributed by atoms with E-state index >= 15 is 0 Å². The van der Waals surface area contributed by atoms with Crippen molar-refractivity contribution in [1.82, 2.24) is 0 Å². The first kappa shape index (κ1) is 7.90. The van der Waals surface area contributed by atoms with Gasteiger partial charge in [0.2, 0.25) is 0 Å². The largest absolute Gasteiger partial charge is 0.388 e. The standard InChI is InChI=1S/C5H10O5/c6-2-1-10-5(9)4(8)3(2)7/h2-9H,1H2/t2-,3-,4?,5-/m0/s1. The lowest BCUT2D eigenvalue weighted by Gasteiger charge is -2.31. The van der Waals surface area contributed by atoms with Gasteiger partial charge in [-0.05, 0) is 0 Å². The zero-order valence-corrected chi connectivity index (χ0v) is 5.21. The Morgan fingerprint density at radius 2 is 1.60 bits per heavy atom. The predicted molar refractivity (Wildman–Crippen MR) is 30.0 cm³/mol. The van der Waals surface area contributed by atoms with E-state index in [-0.39, 0.29) is 6.61 Å². The van der Waals surface area contributed by atoms with Gasteiger partial charge in [0, 0.05) is 0 Å². The minimum absolute atomic E-state index is 0.153. The van der Waals surface area contributed by atoms with Gasteiger partial charge >= 0.3 is 0 Å². The Balaban J connectivity index is 2.52. The van der Waals surface area contributed by atoms with E-state index in [2.05, 4.69) is 4.74 Å². The van der Waals surface area contributed by atoms with Crippen LogP contribution in [0.1, 0.15) is 0 Å². The first-order valence-corrected chi connectivity index (χ1v) is 2.97. The Hall–Kier alpha value is -0.200. The summed E-state index contributed by atoms with van der Waals surface area (Å²) in [6.45, 7) is -0.153. The second-order valence-corrected chi connectivity index (χ2v) is 2.27. The van der Waals surface area contributed by atoms with Crippen molar-refractivity contribution in [3.8, 4) is 0 Å². The molecule has 4 atom stereocenters. The van der Waals surface area contributed by atoms with Crippen molar-refractivity contribution in [2.45, 2.75) is 24.6 Å². The molecule has 0 spiro atoms. The normalized spacial score (nSPS) is 49.2. The molecule has 0 saturated carbocycles. The molecule has 1 aliphatic heterocycles. The summed E-state index contributed by atoms with van der Waals surface area (Å²) in [7, 11) is 0. The smallest absolute Gasteiger partial charge is 0.183 e. The molecule has 1 saturated heterocycles. The fourth-order valence-electron chi connectivity index (χ4n) is 0.791. The molecule has 1 fully saturated rings. The van der Waals surface area contributed by atoms with Gasteiger partial charge in [-0.15, -0.1) is 0 Å². The van der Waals surface area contributed by atoms with Crippen LogP contribution in [-0.2, 0) is 4.74 Å². The molecule has 0 aromatic rings. The van der Waals surface area contributed by atoms with E-state index in [9.17, 15) is 0 Å². The molecule has 1 aliphatic rings. The molecule has 0 amide bonds. The summed E-state index contributed by atoms with van der Waals surface area (Å²) in [4.78, 5) is 0. The van der Waals surface area contributed by atoms with E-state index in [4.69, 9.17) is 20.4 Å². The van der Waals surface area contributed by atoms with Crippen LogP contribution in [0.3, 0.4) is 0 Å². The van der Waals surface area contributed by atoms with Crippen LogP contribution in [0.2, 0.25) is 0 Å². The summed E-state index contributed by atoms with van der Waals surface area (Å²) in [6, 6.07) is 0. The van der Waals surface area contributed by atoms with Crippen LogP contribution in [0.4, 0.5) is 0 Å². The molecule has 1 heterocycles. The molecule has 5 nitrogen and oxygen atoms in total. The number of hydrogen-bond acceptors (Lipinski definition) is 5. The average molecular weight is 150 g/mol. The van der Waals surface area contributed by atoms with Crippen LogP contribution in [0.5, 0.6) is 0 Å². The molecule has 1 unspecified atom stereocenters. The number of ether oxygens (including phenoxy) is 1. The highest BCUT2D eigenvalue weighted by molar-refractivity contribution is 4.81. The maximum absolute atomic E-state index is 8.88. The molecule has 0 radical (unpaired) electrons. The summed E-state index contributed by atoms with van der Waals surface area (Å²) < 4.78 is 4.47. The lowest BCUT2D eigenvalue weighted by Crippen LogP contribution is -2.52. The van der Waals surface area contributed by atoms with Crippen molar-refractivity contribution in [2.24, 2.45) is 0 Å². The fourth-order valence-corrected chi connectivity index (χ4v) is 0.791. The van der Waals surface area contributed by atoms with E-state index in [0.29, 0.717) is 0 Å². The summed E-state index contributed by atoms with van der Waals surface area (Å²) in [5.41, 5.74) is 0. The van der Waals surface area contributed by atoms with E-state index in [1.54, 1.807) is 0 Å². The van der Waals surface area contributed by atoms with Crippen LogP contribution < -0.4 is 0 Å². The van der Waals surface area contributed by atoms with Crippen LogP contribution in [0.15, 0.2) is 0 Å². The summed E-state index contributed by atoms with van der Waals surface area (Å²) >= 11 is 0. The monoisotopic (exact) mass is 150 g/mol. The van der Waals surface area contributed by atoms with E-state index in [1.165, 1.54) is 0 Å². The molecule has 0 aliphatic carbocycles. The first-order chi connectivity index (χ1) is 4.63. The van der Waals surface area contributed by atoms with E-state index in [0.717, 1.165) is 0 Å². The summed E-state index contributed by atoms with van der Waals surface area (Å²) in [6.07, 6.45) is -5.23. The molecular formula is C5H10O5. The lowest BCUT2D eigenvalue weighted by atomic mass is 10.1. The third-order valence-electron chi connectivity index (χ3n) is 1.47. The second-order valence-electron chi connectivity index (χ2n) is 2.27. The molecule has 4 N–H and O–H groups in total. The van der Waals surface area contributed by atoms with E-state index in [1.807, 2.05) is 0 Å². The Kier molecular flexibility index (Phi) is 2.22. The van der Waals surface area contributed by atoms with Crippen LogP contribution in [-0.4, -0.2) is 51.6 Å². The van der Waals surface area contributed by atoms with Crippen molar-refractivity contribution in [3.05, 3.63) is 0 Å². The van der Waals surface area contributed by atoms with Gasteiger partial charge in [-0.3, -0.25) is 0 Å². The molecule has 0 aromatic carbocycles.